The Morgan fingerprint density at radius 3 is 2.64 bits per heavy atom. The molecule has 1 aliphatic rings. The van der Waals surface area contributed by atoms with Gasteiger partial charge in [-0.2, -0.15) is 4.98 Å². The highest BCUT2D eigenvalue weighted by atomic mass is 16.5. The second kappa shape index (κ2) is 9.24. The Bertz CT molecular complexity index is 1510. The van der Waals surface area contributed by atoms with Crippen LogP contribution in [0.2, 0.25) is 0 Å². The van der Waals surface area contributed by atoms with Crippen LogP contribution in [-0.4, -0.2) is 46.6 Å². The normalized spacial score (nSPS) is 17.9. The molecule has 2 aromatic heterocycles. The lowest BCUT2D eigenvalue weighted by molar-refractivity contribution is -0.114. The van der Waals surface area contributed by atoms with Crippen LogP contribution in [0.5, 0.6) is 0 Å². The van der Waals surface area contributed by atoms with Crippen LogP contribution in [0.25, 0.3) is 27.9 Å². The SMILES string of the molecule is Cc1nc(-c2ccc(C3(CCN(C)C)C=CC(C(N)=O)=C(c4ccc5cc[nH]c5c4)C3)c(C)c2)no1. The first kappa shape index (κ1) is 23.8. The lowest BCUT2D eigenvalue weighted by Gasteiger charge is -2.38. The van der Waals surface area contributed by atoms with Gasteiger partial charge in [0.2, 0.25) is 17.6 Å². The molecule has 1 amide bonds. The van der Waals surface area contributed by atoms with Gasteiger partial charge in [0.05, 0.1) is 0 Å². The third kappa shape index (κ3) is 4.38. The van der Waals surface area contributed by atoms with Crippen molar-refractivity contribution in [3.63, 3.8) is 0 Å². The fourth-order valence-corrected chi connectivity index (χ4v) is 5.23. The van der Waals surface area contributed by atoms with Crippen molar-refractivity contribution in [2.45, 2.75) is 32.1 Å². The van der Waals surface area contributed by atoms with Gasteiger partial charge in [0.1, 0.15) is 0 Å². The van der Waals surface area contributed by atoms with E-state index in [2.05, 4.69) is 83.5 Å². The van der Waals surface area contributed by atoms with Crippen LogP contribution in [0, 0.1) is 13.8 Å². The molecular formula is C29H31N5O2. The molecule has 1 unspecified atom stereocenters. The number of aryl methyl sites for hydroxylation is 2. The number of H-pyrrole nitrogens is 1. The van der Waals surface area contributed by atoms with Crippen LogP contribution in [-0.2, 0) is 10.2 Å². The van der Waals surface area contributed by atoms with Gasteiger partial charge >= 0.3 is 0 Å². The van der Waals surface area contributed by atoms with Gasteiger partial charge in [0.25, 0.3) is 0 Å². The second-order valence-corrected chi connectivity index (χ2v) is 9.92. The maximum absolute atomic E-state index is 12.5. The maximum atomic E-state index is 12.5. The molecule has 0 saturated carbocycles. The summed E-state index contributed by atoms with van der Waals surface area (Å²) in [7, 11) is 4.17. The number of carbonyl (C=O) groups is 1. The predicted octanol–water partition coefficient (Wildman–Crippen LogP) is 4.92. The molecule has 184 valence electrons. The summed E-state index contributed by atoms with van der Waals surface area (Å²) in [6, 6.07) is 14.6. The standard InChI is InChI=1S/C29H31N5O2/c1-18-15-22(28-32-19(2)36-33-28)7-8-25(18)29(12-14-34(3)4)11-9-23(27(30)35)24(17-29)21-6-5-20-10-13-31-26(20)16-21/h5-11,13,15-16,31H,12,14,17H2,1-4H3,(H2,30,35). The van der Waals surface area contributed by atoms with Crippen molar-refractivity contribution in [3.8, 4) is 11.4 Å². The molecule has 7 nitrogen and oxygen atoms in total. The highest BCUT2D eigenvalue weighted by Gasteiger charge is 2.36. The summed E-state index contributed by atoms with van der Waals surface area (Å²) < 4.78 is 5.18. The summed E-state index contributed by atoms with van der Waals surface area (Å²) in [6.45, 7) is 4.80. The Hall–Kier alpha value is -3.97. The summed E-state index contributed by atoms with van der Waals surface area (Å²) in [5.74, 6) is 0.713. The molecule has 1 atom stereocenters. The van der Waals surface area contributed by atoms with Crippen LogP contribution in [0.15, 0.2) is 70.9 Å². The monoisotopic (exact) mass is 481 g/mol. The molecule has 1 aliphatic carbocycles. The van der Waals surface area contributed by atoms with Gasteiger partial charge in [0, 0.05) is 35.2 Å². The molecule has 0 saturated heterocycles. The minimum atomic E-state index is -0.409. The van der Waals surface area contributed by atoms with Crippen LogP contribution in [0.1, 0.15) is 35.4 Å². The number of nitrogens with zero attached hydrogens (tertiary/aromatic N) is 3. The van der Waals surface area contributed by atoms with E-state index < -0.39 is 5.91 Å². The van der Waals surface area contributed by atoms with Crippen molar-refractivity contribution in [3.05, 3.63) is 89.0 Å². The number of aromatic amines is 1. The number of carbonyl (C=O) groups excluding carboxylic acids is 1. The van der Waals surface area contributed by atoms with Gasteiger partial charge in [-0.15, -0.1) is 0 Å². The Morgan fingerprint density at radius 2 is 1.94 bits per heavy atom. The predicted molar refractivity (Wildman–Crippen MR) is 142 cm³/mol. The van der Waals surface area contributed by atoms with Gasteiger partial charge in [-0.3, -0.25) is 4.79 Å². The topological polar surface area (TPSA) is 101 Å². The van der Waals surface area contributed by atoms with Gasteiger partial charge in [-0.05, 0) is 86.3 Å². The number of nitrogens with two attached hydrogens (primary N) is 1. The van der Waals surface area contributed by atoms with Crippen molar-refractivity contribution in [1.82, 2.24) is 20.0 Å². The molecule has 0 radical (unpaired) electrons. The number of hydrogen-bond donors (Lipinski definition) is 2. The van der Waals surface area contributed by atoms with Crippen LogP contribution < -0.4 is 5.73 Å². The molecule has 36 heavy (non-hydrogen) atoms. The number of rotatable bonds is 7. The number of aromatic nitrogens is 3. The number of hydrogen-bond acceptors (Lipinski definition) is 5. The number of primary amides is 1. The number of fused-ring (bicyclic) bond motifs is 1. The molecule has 3 N–H and O–H groups in total. The van der Waals surface area contributed by atoms with E-state index in [1.807, 2.05) is 18.3 Å². The van der Waals surface area contributed by atoms with E-state index in [1.165, 1.54) is 5.56 Å². The fraction of sp³-hybridized carbons (Fsp3) is 0.276. The van der Waals surface area contributed by atoms with Crippen molar-refractivity contribution in [2.75, 3.05) is 20.6 Å². The Kier molecular flexibility index (Phi) is 6.10. The summed E-state index contributed by atoms with van der Waals surface area (Å²) in [5.41, 5.74) is 12.4. The third-order valence-electron chi connectivity index (χ3n) is 7.11. The van der Waals surface area contributed by atoms with Crippen molar-refractivity contribution in [1.29, 1.82) is 0 Å². The number of nitrogens with one attached hydrogen (secondary N) is 1. The van der Waals surface area contributed by atoms with E-state index in [4.69, 9.17) is 10.3 Å². The van der Waals surface area contributed by atoms with E-state index in [1.54, 1.807) is 6.92 Å². The molecule has 0 fully saturated rings. The minimum absolute atomic E-state index is 0.307. The zero-order valence-electron chi connectivity index (χ0n) is 21.1. The summed E-state index contributed by atoms with van der Waals surface area (Å²) >= 11 is 0. The summed E-state index contributed by atoms with van der Waals surface area (Å²) in [4.78, 5) is 22.4. The first-order chi connectivity index (χ1) is 17.3. The van der Waals surface area contributed by atoms with Crippen LogP contribution >= 0.6 is 0 Å². The van der Waals surface area contributed by atoms with E-state index in [0.717, 1.165) is 46.1 Å². The summed E-state index contributed by atoms with van der Waals surface area (Å²) in [5, 5.41) is 5.21. The maximum Gasteiger partial charge on any atom is 0.248 e. The van der Waals surface area contributed by atoms with E-state index in [9.17, 15) is 4.79 Å². The quantitative estimate of drug-likeness (QED) is 0.390. The van der Waals surface area contributed by atoms with Crippen LogP contribution in [0.3, 0.4) is 0 Å². The first-order valence-electron chi connectivity index (χ1n) is 12.1. The second-order valence-electron chi connectivity index (χ2n) is 9.92. The van der Waals surface area contributed by atoms with Gasteiger partial charge < -0.3 is 20.1 Å². The highest BCUT2D eigenvalue weighted by Crippen LogP contribution is 2.45. The summed E-state index contributed by atoms with van der Waals surface area (Å²) in [6.07, 6.45) is 7.58. The molecule has 4 aromatic rings. The van der Waals surface area contributed by atoms with E-state index in [-0.39, 0.29) is 5.41 Å². The molecule has 2 heterocycles. The Labute approximate surface area is 210 Å². The smallest absolute Gasteiger partial charge is 0.248 e. The lowest BCUT2D eigenvalue weighted by atomic mass is 9.67. The Balaban J connectivity index is 1.61. The minimum Gasteiger partial charge on any atom is -0.366 e. The molecule has 5 rings (SSSR count). The number of allylic oxidation sites excluding steroid dienone is 2. The molecule has 0 aliphatic heterocycles. The fourth-order valence-electron chi connectivity index (χ4n) is 5.23. The van der Waals surface area contributed by atoms with Crippen molar-refractivity contribution >= 4 is 22.4 Å². The zero-order chi connectivity index (χ0) is 25.4. The number of amides is 1. The van der Waals surface area contributed by atoms with Gasteiger partial charge in [0.15, 0.2) is 0 Å². The van der Waals surface area contributed by atoms with E-state index in [0.29, 0.717) is 23.7 Å². The van der Waals surface area contributed by atoms with E-state index >= 15 is 0 Å². The van der Waals surface area contributed by atoms with Crippen LogP contribution in [0.4, 0.5) is 0 Å². The van der Waals surface area contributed by atoms with Crippen molar-refractivity contribution in [2.24, 2.45) is 5.73 Å². The first-order valence-corrected chi connectivity index (χ1v) is 12.1. The third-order valence-corrected chi connectivity index (χ3v) is 7.11. The molecular weight excluding hydrogens is 450 g/mol. The lowest BCUT2D eigenvalue weighted by Crippen LogP contribution is -2.33. The highest BCUT2D eigenvalue weighted by molar-refractivity contribution is 6.04. The van der Waals surface area contributed by atoms with Gasteiger partial charge in [-0.1, -0.05) is 41.6 Å². The molecule has 0 bridgehead atoms. The average molecular weight is 482 g/mol. The van der Waals surface area contributed by atoms with Gasteiger partial charge in [-0.25, -0.2) is 0 Å². The Morgan fingerprint density at radius 1 is 1.14 bits per heavy atom. The zero-order valence-corrected chi connectivity index (χ0v) is 21.1. The van der Waals surface area contributed by atoms with Crippen molar-refractivity contribution < 1.29 is 9.32 Å². The molecule has 7 heteroatoms. The average Bonchev–Trinajstić information content (AvgIpc) is 3.50. The largest absolute Gasteiger partial charge is 0.366 e. The number of benzene rings is 2. The molecule has 2 aromatic carbocycles. The molecule has 0 spiro atoms.